The Morgan fingerprint density at radius 3 is 2.93 bits per heavy atom. The molecule has 0 bridgehead atoms. The molecule has 1 aromatic heterocycles. The molecule has 0 N–H and O–H groups in total. The van der Waals surface area contributed by atoms with Gasteiger partial charge in [-0.25, -0.2) is 9.37 Å². The summed E-state index contributed by atoms with van der Waals surface area (Å²) in [5.74, 6) is -0.341. The number of hydrogen-bond donors (Lipinski definition) is 0. The zero-order valence-corrected chi connectivity index (χ0v) is 9.70. The van der Waals surface area contributed by atoms with Gasteiger partial charge in [-0.1, -0.05) is 23.7 Å². The van der Waals surface area contributed by atoms with Crippen LogP contribution in [-0.4, -0.2) is 4.98 Å². The molecule has 2 aromatic rings. The smallest absolute Gasteiger partial charge is 0.145 e. The second kappa shape index (κ2) is 4.29. The van der Waals surface area contributed by atoms with E-state index in [1.54, 1.807) is 18.2 Å². The molecule has 1 heterocycles. The van der Waals surface area contributed by atoms with Gasteiger partial charge in [-0.05, 0) is 18.6 Å². The number of aryl methyl sites for hydroxylation is 1. The maximum atomic E-state index is 13.5. The van der Waals surface area contributed by atoms with Crippen LogP contribution in [0.25, 0.3) is 0 Å². The lowest BCUT2D eigenvalue weighted by molar-refractivity contribution is 0.614. The number of rotatable bonds is 2. The minimum atomic E-state index is -0.341. The Balaban J connectivity index is 2.28. The molecule has 0 aliphatic rings. The van der Waals surface area contributed by atoms with Crippen LogP contribution >= 0.6 is 22.9 Å². The normalized spacial score (nSPS) is 10.6. The molecule has 0 saturated heterocycles. The van der Waals surface area contributed by atoms with Gasteiger partial charge in [0.2, 0.25) is 0 Å². The van der Waals surface area contributed by atoms with Crippen LogP contribution in [-0.2, 0) is 6.42 Å². The number of aromatic nitrogens is 1. The minimum absolute atomic E-state index is 0.167. The van der Waals surface area contributed by atoms with Gasteiger partial charge in [0.1, 0.15) is 5.82 Å². The SMILES string of the molecule is Cc1csc(Cc2cccc(Cl)c2F)n1. The van der Waals surface area contributed by atoms with Crippen LogP contribution in [0.15, 0.2) is 23.6 Å². The monoisotopic (exact) mass is 241 g/mol. The van der Waals surface area contributed by atoms with E-state index in [0.717, 1.165) is 10.7 Å². The lowest BCUT2D eigenvalue weighted by Gasteiger charge is -2.01. The molecule has 2 rings (SSSR count). The maximum absolute atomic E-state index is 13.5. The third kappa shape index (κ3) is 2.36. The standard InChI is InChI=1S/C11H9ClFNS/c1-7-6-15-10(14-7)5-8-3-2-4-9(12)11(8)13/h2-4,6H,5H2,1H3. The largest absolute Gasteiger partial charge is 0.246 e. The molecule has 0 unspecified atom stereocenters. The van der Waals surface area contributed by atoms with E-state index in [4.69, 9.17) is 11.6 Å². The van der Waals surface area contributed by atoms with E-state index in [-0.39, 0.29) is 10.8 Å². The van der Waals surface area contributed by atoms with Gasteiger partial charge in [-0.2, -0.15) is 0 Å². The molecule has 1 aromatic carbocycles. The van der Waals surface area contributed by atoms with Crippen LogP contribution in [0.5, 0.6) is 0 Å². The van der Waals surface area contributed by atoms with Crippen LogP contribution in [0, 0.1) is 12.7 Å². The summed E-state index contributed by atoms with van der Waals surface area (Å²) < 4.78 is 13.5. The van der Waals surface area contributed by atoms with Crippen molar-refractivity contribution in [1.82, 2.24) is 4.98 Å². The Kier molecular flexibility index (Phi) is 3.03. The zero-order chi connectivity index (χ0) is 10.8. The first-order chi connectivity index (χ1) is 7.16. The predicted octanol–water partition coefficient (Wildman–Crippen LogP) is 3.83. The van der Waals surface area contributed by atoms with Crippen molar-refractivity contribution in [1.29, 1.82) is 0 Å². The van der Waals surface area contributed by atoms with E-state index >= 15 is 0 Å². The van der Waals surface area contributed by atoms with Gasteiger partial charge < -0.3 is 0 Å². The zero-order valence-electron chi connectivity index (χ0n) is 8.13. The van der Waals surface area contributed by atoms with Gasteiger partial charge in [-0.15, -0.1) is 11.3 Å². The van der Waals surface area contributed by atoms with Gasteiger partial charge in [-0.3, -0.25) is 0 Å². The first-order valence-corrected chi connectivity index (χ1v) is 5.76. The Bertz CT molecular complexity index is 481. The summed E-state index contributed by atoms with van der Waals surface area (Å²) in [6.45, 7) is 1.92. The Morgan fingerprint density at radius 1 is 1.47 bits per heavy atom. The van der Waals surface area contributed by atoms with Crippen molar-refractivity contribution in [2.24, 2.45) is 0 Å². The summed E-state index contributed by atoms with van der Waals surface area (Å²) in [6, 6.07) is 5.03. The Labute approximate surface area is 96.5 Å². The van der Waals surface area contributed by atoms with Crippen LogP contribution in [0.3, 0.4) is 0 Å². The van der Waals surface area contributed by atoms with Crippen LogP contribution in [0.2, 0.25) is 5.02 Å². The molecule has 0 aliphatic heterocycles. The van der Waals surface area contributed by atoms with E-state index in [2.05, 4.69) is 4.98 Å². The highest BCUT2D eigenvalue weighted by molar-refractivity contribution is 7.09. The lowest BCUT2D eigenvalue weighted by Crippen LogP contribution is -1.92. The van der Waals surface area contributed by atoms with Crippen LogP contribution in [0.4, 0.5) is 4.39 Å². The van der Waals surface area contributed by atoms with Crippen molar-refractivity contribution in [3.8, 4) is 0 Å². The molecule has 0 aliphatic carbocycles. The number of halogens is 2. The topological polar surface area (TPSA) is 12.9 Å². The molecule has 0 saturated carbocycles. The van der Waals surface area contributed by atoms with Crippen molar-refractivity contribution < 1.29 is 4.39 Å². The second-order valence-corrected chi connectivity index (χ2v) is 4.62. The Hall–Kier alpha value is -0.930. The van der Waals surface area contributed by atoms with Crippen LogP contribution < -0.4 is 0 Å². The summed E-state index contributed by atoms with van der Waals surface area (Å²) in [4.78, 5) is 4.29. The molecule has 0 fully saturated rings. The van der Waals surface area contributed by atoms with E-state index in [1.165, 1.54) is 11.3 Å². The summed E-state index contributed by atoms with van der Waals surface area (Å²) >= 11 is 7.23. The van der Waals surface area contributed by atoms with Gasteiger partial charge >= 0.3 is 0 Å². The van der Waals surface area contributed by atoms with Crippen LogP contribution in [0.1, 0.15) is 16.3 Å². The lowest BCUT2D eigenvalue weighted by atomic mass is 10.1. The molecule has 15 heavy (non-hydrogen) atoms. The van der Waals surface area contributed by atoms with Gasteiger partial charge in [0.25, 0.3) is 0 Å². The highest BCUT2D eigenvalue weighted by atomic mass is 35.5. The Morgan fingerprint density at radius 2 is 2.27 bits per heavy atom. The average Bonchev–Trinajstić information content (AvgIpc) is 2.59. The van der Waals surface area contributed by atoms with Gasteiger partial charge in [0, 0.05) is 17.5 Å². The summed E-state index contributed by atoms with van der Waals surface area (Å²) in [7, 11) is 0. The molecule has 78 valence electrons. The van der Waals surface area contributed by atoms with Crippen molar-refractivity contribution in [3.05, 3.63) is 50.7 Å². The first-order valence-electron chi connectivity index (χ1n) is 4.50. The molecule has 0 amide bonds. The molecule has 0 radical (unpaired) electrons. The average molecular weight is 242 g/mol. The predicted molar refractivity (Wildman–Crippen MR) is 61.1 cm³/mol. The third-order valence-electron chi connectivity index (χ3n) is 2.04. The maximum Gasteiger partial charge on any atom is 0.145 e. The summed E-state index contributed by atoms with van der Waals surface area (Å²) in [5, 5.41) is 3.03. The fraction of sp³-hybridized carbons (Fsp3) is 0.182. The first kappa shape index (κ1) is 10.6. The van der Waals surface area contributed by atoms with Gasteiger partial charge in [0.15, 0.2) is 0 Å². The van der Waals surface area contributed by atoms with E-state index in [9.17, 15) is 4.39 Å². The molecule has 4 heteroatoms. The number of hydrogen-bond acceptors (Lipinski definition) is 2. The fourth-order valence-corrected chi connectivity index (χ4v) is 2.32. The number of benzene rings is 1. The molecule has 1 nitrogen and oxygen atoms in total. The molecular weight excluding hydrogens is 233 g/mol. The number of thiazole rings is 1. The second-order valence-electron chi connectivity index (χ2n) is 3.27. The molecule has 0 spiro atoms. The van der Waals surface area contributed by atoms with Crippen molar-refractivity contribution in [2.75, 3.05) is 0 Å². The number of nitrogens with zero attached hydrogens (tertiary/aromatic N) is 1. The van der Waals surface area contributed by atoms with Crippen molar-refractivity contribution >= 4 is 22.9 Å². The van der Waals surface area contributed by atoms with E-state index < -0.39 is 0 Å². The highest BCUT2D eigenvalue weighted by Crippen LogP contribution is 2.21. The summed E-state index contributed by atoms with van der Waals surface area (Å²) in [6.07, 6.45) is 0.505. The highest BCUT2D eigenvalue weighted by Gasteiger charge is 2.08. The molecule has 0 atom stereocenters. The van der Waals surface area contributed by atoms with Crippen molar-refractivity contribution in [2.45, 2.75) is 13.3 Å². The fourth-order valence-electron chi connectivity index (χ4n) is 1.33. The van der Waals surface area contributed by atoms with E-state index in [0.29, 0.717) is 12.0 Å². The van der Waals surface area contributed by atoms with Gasteiger partial charge in [0.05, 0.1) is 10.0 Å². The third-order valence-corrected chi connectivity index (χ3v) is 3.30. The minimum Gasteiger partial charge on any atom is -0.246 e. The van der Waals surface area contributed by atoms with Crippen molar-refractivity contribution in [3.63, 3.8) is 0 Å². The summed E-state index contributed by atoms with van der Waals surface area (Å²) in [5.41, 5.74) is 1.56. The van der Waals surface area contributed by atoms with E-state index in [1.807, 2.05) is 12.3 Å². The molecular formula is C11H9ClFNS. The quantitative estimate of drug-likeness (QED) is 0.779.